The summed E-state index contributed by atoms with van der Waals surface area (Å²) in [6.07, 6.45) is 3.33. The monoisotopic (exact) mass is 311 g/mol. The first-order chi connectivity index (χ1) is 9.91. The molecule has 1 atom stereocenters. The van der Waals surface area contributed by atoms with Gasteiger partial charge in [0.2, 0.25) is 0 Å². The summed E-state index contributed by atoms with van der Waals surface area (Å²) in [5.41, 5.74) is 7.69. The molecule has 0 aromatic heterocycles. The van der Waals surface area contributed by atoms with Crippen molar-refractivity contribution in [1.29, 1.82) is 0 Å². The van der Waals surface area contributed by atoms with Crippen LogP contribution in [0.3, 0.4) is 0 Å². The number of hydrogen-bond donors (Lipinski definition) is 1. The van der Waals surface area contributed by atoms with E-state index in [9.17, 15) is 8.42 Å². The maximum Gasteiger partial charge on any atom is 0.150 e. The van der Waals surface area contributed by atoms with Gasteiger partial charge in [-0.3, -0.25) is 0 Å². The Morgan fingerprint density at radius 3 is 2.14 bits per heavy atom. The fraction of sp³-hybridized carbons (Fsp3) is 0.647. The third-order valence-electron chi connectivity index (χ3n) is 4.73. The van der Waals surface area contributed by atoms with Gasteiger partial charge in [-0.1, -0.05) is 51.1 Å². The van der Waals surface area contributed by atoms with Crippen LogP contribution >= 0.6 is 0 Å². The third kappa shape index (κ3) is 4.55. The zero-order chi connectivity index (χ0) is 15.9. The molecule has 0 bridgehead atoms. The van der Waals surface area contributed by atoms with E-state index in [2.05, 4.69) is 26.0 Å². The summed E-state index contributed by atoms with van der Waals surface area (Å²) in [6.45, 7) is 6.03. The van der Waals surface area contributed by atoms with Crippen molar-refractivity contribution in [3.8, 4) is 0 Å². The van der Waals surface area contributed by atoms with E-state index in [0.717, 1.165) is 19.3 Å². The minimum absolute atomic E-state index is 0.0121. The molecule has 2 N–H and O–H groups in total. The van der Waals surface area contributed by atoms with Gasteiger partial charge in [0.1, 0.15) is 9.84 Å². The first-order valence-electron chi connectivity index (χ1n) is 7.93. The summed E-state index contributed by atoms with van der Waals surface area (Å²) in [6, 6.07) is 10.4. The van der Waals surface area contributed by atoms with Crippen LogP contribution in [0.4, 0.5) is 0 Å². The third-order valence-corrected chi connectivity index (χ3v) is 6.52. The quantitative estimate of drug-likeness (QED) is 0.761. The molecule has 0 fully saturated rings. The summed E-state index contributed by atoms with van der Waals surface area (Å²) in [5.74, 6) is 0.461. The van der Waals surface area contributed by atoms with Crippen LogP contribution in [0, 0.1) is 0 Å². The second kappa shape index (κ2) is 7.95. The lowest BCUT2D eigenvalue weighted by Crippen LogP contribution is -2.45. The van der Waals surface area contributed by atoms with Gasteiger partial charge >= 0.3 is 0 Å². The Kier molecular flexibility index (Phi) is 6.88. The maximum absolute atomic E-state index is 11.6. The highest BCUT2D eigenvalue weighted by molar-refractivity contribution is 7.91. The Balaban J connectivity index is 2.82. The van der Waals surface area contributed by atoms with Gasteiger partial charge in [0.25, 0.3) is 0 Å². The first kappa shape index (κ1) is 18.2. The highest BCUT2D eigenvalue weighted by atomic mass is 32.2. The number of hydrogen-bond acceptors (Lipinski definition) is 3. The molecule has 0 spiro atoms. The topological polar surface area (TPSA) is 60.2 Å². The van der Waals surface area contributed by atoms with Gasteiger partial charge in [0.05, 0.1) is 5.75 Å². The number of sulfone groups is 1. The zero-order valence-corrected chi connectivity index (χ0v) is 14.3. The van der Waals surface area contributed by atoms with Gasteiger partial charge in [-0.2, -0.15) is 0 Å². The molecule has 1 aromatic rings. The van der Waals surface area contributed by atoms with Crippen molar-refractivity contribution in [2.24, 2.45) is 5.73 Å². The van der Waals surface area contributed by atoms with E-state index in [1.54, 1.807) is 6.92 Å². The number of nitrogens with two attached hydrogens (primary N) is 1. The molecule has 0 aliphatic carbocycles. The molecule has 0 amide bonds. The van der Waals surface area contributed by atoms with Gasteiger partial charge in [-0.05, 0) is 31.2 Å². The molecule has 0 aliphatic heterocycles. The van der Waals surface area contributed by atoms with E-state index in [4.69, 9.17) is 5.73 Å². The Morgan fingerprint density at radius 2 is 1.67 bits per heavy atom. The molecular formula is C17H29NO2S. The van der Waals surface area contributed by atoms with E-state index in [1.165, 1.54) is 5.56 Å². The normalized spacial score (nSPS) is 14.1. The van der Waals surface area contributed by atoms with Crippen molar-refractivity contribution in [1.82, 2.24) is 0 Å². The highest BCUT2D eigenvalue weighted by Crippen LogP contribution is 2.36. The smallest absolute Gasteiger partial charge is 0.150 e. The molecule has 120 valence electrons. The highest BCUT2D eigenvalue weighted by Gasteiger charge is 2.34. The molecule has 0 aliphatic rings. The predicted molar refractivity (Wildman–Crippen MR) is 90.2 cm³/mol. The average Bonchev–Trinajstić information content (AvgIpc) is 2.50. The Bertz CT molecular complexity index is 507. The maximum atomic E-state index is 11.6. The Hall–Kier alpha value is -0.870. The fourth-order valence-corrected chi connectivity index (χ4v) is 4.01. The summed E-state index contributed by atoms with van der Waals surface area (Å²) >= 11 is 0. The van der Waals surface area contributed by atoms with Crippen LogP contribution in [-0.2, 0) is 15.3 Å². The zero-order valence-electron chi connectivity index (χ0n) is 13.5. The lowest BCUT2D eigenvalue weighted by molar-refractivity contribution is 0.302. The summed E-state index contributed by atoms with van der Waals surface area (Å²) in [7, 11) is -2.89. The van der Waals surface area contributed by atoms with Crippen LogP contribution in [-0.4, -0.2) is 26.0 Å². The van der Waals surface area contributed by atoms with E-state index < -0.39 is 9.84 Å². The largest absolute Gasteiger partial charge is 0.327 e. The minimum atomic E-state index is -2.89. The van der Waals surface area contributed by atoms with Gasteiger partial charge in [-0.15, -0.1) is 0 Å². The molecule has 21 heavy (non-hydrogen) atoms. The molecular weight excluding hydrogens is 282 g/mol. The molecule has 3 nitrogen and oxygen atoms in total. The van der Waals surface area contributed by atoms with Gasteiger partial charge in [-0.25, -0.2) is 8.42 Å². The second-order valence-electron chi connectivity index (χ2n) is 5.71. The fourth-order valence-electron chi connectivity index (χ4n) is 3.11. The lowest BCUT2D eigenvalue weighted by atomic mass is 9.69. The van der Waals surface area contributed by atoms with Crippen molar-refractivity contribution in [3.05, 3.63) is 35.9 Å². The average molecular weight is 311 g/mol. The second-order valence-corrected chi connectivity index (χ2v) is 8.19. The van der Waals surface area contributed by atoms with Gasteiger partial charge in [0.15, 0.2) is 0 Å². The van der Waals surface area contributed by atoms with E-state index >= 15 is 0 Å². The molecule has 0 saturated carbocycles. The summed E-state index contributed by atoms with van der Waals surface area (Å²) in [5, 5.41) is 0. The van der Waals surface area contributed by atoms with Gasteiger partial charge in [0, 0.05) is 17.2 Å². The van der Waals surface area contributed by atoms with Crippen LogP contribution in [0.1, 0.15) is 52.0 Å². The van der Waals surface area contributed by atoms with Crippen molar-refractivity contribution in [2.75, 3.05) is 11.5 Å². The SMILES string of the molecule is CCC(CC)(c1ccccc1)C(N)CCCS(=O)(=O)CC. The first-order valence-corrected chi connectivity index (χ1v) is 9.75. The molecule has 0 saturated heterocycles. The van der Waals surface area contributed by atoms with Crippen molar-refractivity contribution in [2.45, 2.75) is 57.9 Å². The van der Waals surface area contributed by atoms with E-state index in [-0.39, 0.29) is 23.0 Å². The molecule has 1 aromatic carbocycles. The van der Waals surface area contributed by atoms with Gasteiger partial charge < -0.3 is 5.73 Å². The van der Waals surface area contributed by atoms with Crippen LogP contribution in [0.5, 0.6) is 0 Å². The molecule has 0 heterocycles. The molecule has 0 radical (unpaired) electrons. The van der Waals surface area contributed by atoms with E-state index in [1.807, 2.05) is 18.2 Å². The van der Waals surface area contributed by atoms with E-state index in [0.29, 0.717) is 6.42 Å². The molecule has 4 heteroatoms. The minimum Gasteiger partial charge on any atom is -0.327 e. The Morgan fingerprint density at radius 1 is 1.10 bits per heavy atom. The summed E-state index contributed by atoms with van der Waals surface area (Å²) < 4.78 is 23.2. The summed E-state index contributed by atoms with van der Waals surface area (Å²) in [4.78, 5) is 0. The number of rotatable bonds is 9. The Labute approximate surface area is 129 Å². The number of benzene rings is 1. The van der Waals surface area contributed by atoms with Crippen LogP contribution in [0.15, 0.2) is 30.3 Å². The van der Waals surface area contributed by atoms with Crippen LogP contribution in [0.25, 0.3) is 0 Å². The molecule has 1 unspecified atom stereocenters. The lowest BCUT2D eigenvalue weighted by Gasteiger charge is -2.38. The van der Waals surface area contributed by atoms with Crippen LogP contribution in [0.2, 0.25) is 0 Å². The van der Waals surface area contributed by atoms with Crippen LogP contribution < -0.4 is 5.73 Å². The molecule has 1 rings (SSSR count). The van der Waals surface area contributed by atoms with Crippen molar-refractivity contribution >= 4 is 9.84 Å². The predicted octanol–water partition coefficient (Wildman–Crippen LogP) is 3.29. The van der Waals surface area contributed by atoms with Crippen molar-refractivity contribution in [3.63, 3.8) is 0 Å². The van der Waals surface area contributed by atoms with Crippen molar-refractivity contribution < 1.29 is 8.42 Å². The standard InChI is InChI=1S/C17H29NO2S/c1-4-17(5-2,15-11-8-7-9-12-15)16(18)13-10-14-21(19,20)6-3/h7-9,11-12,16H,4-6,10,13-14,18H2,1-3H3.